The van der Waals surface area contributed by atoms with E-state index >= 15 is 0 Å². The van der Waals surface area contributed by atoms with Gasteiger partial charge in [0.1, 0.15) is 0 Å². The molecule has 9 heteroatoms. The van der Waals surface area contributed by atoms with Gasteiger partial charge in [-0.25, -0.2) is 8.42 Å². The fourth-order valence-electron chi connectivity index (χ4n) is 4.71. The average molecular weight is 553 g/mol. The van der Waals surface area contributed by atoms with Crippen molar-refractivity contribution in [3.05, 3.63) is 41.5 Å². The first-order chi connectivity index (χ1) is 16.0. The SMILES string of the molecule is CCCCCCC1=CC(CCC2(C)OCCO2)N(S(=O)(=O)c2ccc(C)cc2)C(C(Cl)(Cl)Cl)C1. The van der Waals surface area contributed by atoms with E-state index in [1.54, 1.807) is 24.3 Å². The molecule has 0 radical (unpaired) electrons. The van der Waals surface area contributed by atoms with Gasteiger partial charge < -0.3 is 9.47 Å². The monoisotopic (exact) mass is 551 g/mol. The molecule has 1 aromatic rings. The number of benzene rings is 1. The molecule has 192 valence electrons. The number of ether oxygens (including phenoxy) is 2. The van der Waals surface area contributed by atoms with Gasteiger partial charge in [0.15, 0.2) is 5.79 Å². The molecule has 2 heterocycles. The van der Waals surface area contributed by atoms with Crippen molar-refractivity contribution < 1.29 is 17.9 Å². The molecule has 1 fully saturated rings. The first-order valence-electron chi connectivity index (χ1n) is 12.1. The number of hydrogen-bond donors (Lipinski definition) is 0. The quantitative estimate of drug-likeness (QED) is 0.179. The lowest BCUT2D eigenvalue weighted by atomic mass is 9.91. The topological polar surface area (TPSA) is 55.8 Å². The van der Waals surface area contributed by atoms with Crippen molar-refractivity contribution in [2.24, 2.45) is 0 Å². The van der Waals surface area contributed by atoms with E-state index in [1.165, 1.54) is 10.7 Å². The van der Waals surface area contributed by atoms with Gasteiger partial charge in [-0.3, -0.25) is 0 Å². The second kappa shape index (κ2) is 11.8. The minimum Gasteiger partial charge on any atom is -0.348 e. The maximum atomic E-state index is 13.9. The molecule has 0 aromatic heterocycles. The standard InChI is InChI=1S/C25H36Cl3NO4S/c1-4-5-6-7-8-20-17-21(13-14-24(3)32-15-16-33-24)29(23(18-20)25(26,27)28)34(30,31)22-11-9-19(2)10-12-22/h9-12,17,21,23H,4-8,13-16,18H2,1-3H3. The first-order valence-corrected chi connectivity index (χ1v) is 14.7. The van der Waals surface area contributed by atoms with Crippen LogP contribution in [0.3, 0.4) is 0 Å². The minimum absolute atomic E-state index is 0.196. The summed E-state index contributed by atoms with van der Waals surface area (Å²) < 4.78 is 39.0. The van der Waals surface area contributed by atoms with Crippen LogP contribution in [0.1, 0.15) is 70.8 Å². The minimum atomic E-state index is -3.92. The van der Waals surface area contributed by atoms with E-state index in [0.717, 1.165) is 36.8 Å². The summed E-state index contributed by atoms with van der Waals surface area (Å²) >= 11 is 19.3. The smallest absolute Gasteiger partial charge is 0.244 e. The maximum absolute atomic E-state index is 13.9. The Labute approximate surface area is 219 Å². The summed E-state index contributed by atoms with van der Waals surface area (Å²) in [6.07, 6.45) is 8.86. The van der Waals surface area contributed by atoms with Gasteiger partial charge in [-0.05, 0) is 51.7 Å². The summed E-state index contributed by atoms with van der Waals surface area (Å²) in [6.45, 7) is 7.05. The van der Waals surface area contributed by atoms with Crippen molar-refractivity contribution in [3.8, 4) is 0 Å². The third-order valence-electron chi connectivity index (χ3n) is 6.64. The fourth-order valence-corrected chi connectivity index (χ4v) is 7.24. The number of unbranched alkanes of at least 4 members (excludes halogenated alkanes) is 3. The Morgan fingerprint density at radius 2 is 1.74 bits per heavy atom. The maximum Gasteiger partial charge on any atom is 0.244 e. The van der Waals surface area contributed by atoms with Crippen molar-refractivity contribution in [2.75, 3.05) is 13.2 Å². The van der Waals surface area contributed by atoms with E-state index in [9.17, 15) is 8.42 Å². The largest absolute Gasteiger partial charge is 0.348 e. The van der Waals surface area contributed by atoms with E-state index in [-0.39, 0.29) is 4.90 Å². The molecule has 0 spiro atoms. The zero-order chi connectivity index (χ0) is 25.0. The molecule has 5 nitrogen and oxygen atoms in total. The van der Waals surface area contributed by atoms with E-state index in [0.29, 0.717) is 32.5 Å². The van der Waals surface area contributed by atoms with E-state index in [4.69, 9.17) is 44.3 Å². The molecule has 0 amide bonds. The Balaban J connectivity index is 1.97. The van der Waals surface area contributed by atoms with Gasteiger partial charge in [0.25, 0.3) is 0 Å². The molecule has 0 N–H and O–H groups in total. The predicted molar refractivity (Wildman–Crippen MR) is 139 cm³/mol. The lowest BCUT2D eigenvalue weighted by Gasteiger charge is -2.43. The number of rotatable bonds is 10. The van der Waals surface area contributed by atoms with Gasteiger partial charge in [0, 0.05) is 12.5 Å². The van der Waals surface area contributed by atoms with Crippen LogP contribution in [0.5, 0.6) is 0 Å². The number of nitrogens with zero attached hydrogens (tertiary/aromatic N) is 1. The van der Waals surface area contributed by atoms with Gasteiger partial charge in [-0.1, -0.05) is 90.3 Å². The van der Waals surface area contributed by atoms with Crippen LogP contribution in [0.4, 0.5) is 0 Å². The van der Waals surface area contributed by atoms with Crippen LogP contribution in [0, 0.1) is 6.92 Å². The highest BCUT2D eigenvalue weighted by Gasteiger charge is 2.48. The number of alkyl halides is 3. The van der Waals surface area contributed by atoms with Gasteiger partial charge in [0.2, 0.25) is 13.8 Å². The van der Waals surface area contributed by atoms with Crippen LogP contribution < -0.4 is 0 Å². The molecular weight excluding hydrogens is 517 g/mol. The predicted octanol–water partition coefficient (Wildman–Crippen LogP) is 6.94. The summed E-state index contributed by atoms with van der Waals surface area (Å²) in [7, 11) is -3.92. The highest BCUT2D eigenvalue weighted by Crippen LogP contribution is 2.44. The van der Waals surface area contributed by atoms with E-state index < -0.39 is 31.7 Å². The molecule has 1 aromatic carbocycles. The third kappa shape index (κ3) is 7.12. The molecule has 0 bridgehead atoms. The van der Waals surface area contributed by atoms with Gasteiger partial charge in [-0.15, -0.1) is 0 Å². The zero-order valence-corrected chi connectivity index (χ0v) is 23.3. The van der Waals surface area contributed by atoms with Crippen molar-refractivity contribution in [3.63, 3.8) is 0 Å². The lowest BCUT2D eigenvalue weighted by Crippen LogP contribution is -2.54. The van der Waals surface area contributed by atoms with Crippen molar-refractivity contribution in [1.29, 1.82) is 0 Å². The second-order valence-electron chi connectivity index (χ2n) is 9.48. The van der Waals surface area contributed by atoms with Crippen molar-refractivity contribution in [2.45, 2.75) is 98.7 Å². The highest BCUT2D eigenvalue weighted by atomic mass is 35.6. The Morgan fingerprint density at radius 3 is 2.32 bits per heavy atom. The molecule has 34 heavy (non-hydrogen) atoms. The van der Waals surface area contributed by atoms with Crippen LogP contribution in [0.25, 0.3) is 0 Å². The summed E-state index contributed by atoms with van der Waals surface area (Å²) in [4.78, 5) is 0.196. The molecule has 0 saturated carbocycles. The molecule has 0 aliphatic carbocycles. The van der Waals surface area contributed by atoms with Gasteiger partial charge in [-0.2, -0.15) is 4.31 Å². The summed E-state index contributed by atoms with van der Waals surface area (Å²) in [5.74, 6) is -0.735. The molecular formula is C25H36Cl3NO4S. The van der Waals surface area contributed by atoms with Crippen LogP contribution >= 0.6 is 34.8 Å². The lowest BCUT2D eigenvalue weighted by molar-refractivity contribution is -0.148. The van der Waals surface area contributed by atoms with E-state index in [2.05, 4.69) is 13.0 Å². The summed E-state index contributed by atoms with van der Waals surface area (Å²) in [5, 5.41) is 0. The van der Waals surface area contributed by atoms with E-state index in [1.807, 2.05) is 13.8 Å². The molecule has 2 atom stereocenters. The van der Waals surface area contributed by atoms with Crippen LogP contribution in [-0.4, -0.2) is 47.6 Å². The summed E-state index contributed by atoms with van der Waals surface area (Å²) in [5.41, 5.74) is 2.12. The van der Waals surface area contributed by atoms with Crippen LogP contribution in [0.15, 0.2) is 40.8 Å². The highest BCUT2D eigenvalue weighted by molar-refractivity contribution is 7.89. The van der Waals surface area contributed by atoms with Crippen molar-refractivity contribution >= 4 is 44.8 Å². The molecule has 2 aliphatic heterocycles. The Kier molecular flexibility index (Phi) is 9.80. The van der Waals surface area contributed by atoms with Gasteiger partial charge in [0.05, 0.1) is 24.2 Å². The first kappa shape index (κ1) is 28.2. The molecule has 2 unspecified atom stereocenters. The summed E-state index contributed by atoms with van der Waals surface area (Å²) in [6, 6.07) is 5.53. The Hall–Kier alpha value is -0.340. The third-order valence-corrected chi connectivity index (χ3v) is 9.34. The van der Waals surface area contributed by atoms with Crippen molar-refractivity contribution in [1.82, 2.24) is 4.31 Å². The van der Waals surface area contributed by atoms with Crippen LogP contribution in [-0.2, 0) is 19.5 Å². The fraction of sp³-hybridized carbons (Fsp3) is 0.680. The number of aryl methyl sites for hydroxylation is 1. The zero-order valence-electron chi connectivity index (χ0n) is 20.2. The average Bonchev–Trinajstić information content (AvgIpc) is 3.21. The molecule has 1 saturated heterocycles. The Morgan fingerprint density at radius 1 is 1.09 bits per heavy atom. The Bertz CT molecular complexity index is 938. The van der Waals surface area contributed by atoms with Crippen LogP contribution in [0.2, 0.25) is 0 Å². The normalized spacial score (nSPS) is 23.8. The molecule has 3 rings (SSSR count). The number of hydrogen-bond acceptors (Lipinski definition) is 4. The number of halogens is 3. The van der Waals surface area contributed by atoms with Gasteiger partial charge >= 0.3 is 0 Å². The second-order valence-corrected chi connectivity index (χ2v) is 13.7. The number of sulfonamides is 1. The molecule has 2 aliphatic rings.